The van der Waals surface area contributed by atoms with E-state index in [1.165, 1.54) is 22.9 Å². The summed E-state index contributed by atoms with van der Waals surface area (Å²) < 4.78 is 1.32. The van der Waals surface area contributed by atoms with E-state index in [4.69, 9.17) is 5.73 Å². The van der Waals surface area contributed by atoms with Crippen molar-refractivity contribution in [2.75, 3.05) is 12.3 Å². The largest absolute Gasteiger partial charge is 0.398 e. The smallest absolute Gasteiger partial charge is 0.251 e. The van der Waals surface area contributed by atoms with Crippen molar-refractivity contribution in [1.29, 1.82) is 0 Å². The van der Waals surface area contributed by atoms with Gasteiger partial charge in [-0.1, -0.05) is 13.8 Å². The monoisotopic (exact) mass is 249 g/mol. The number of anilines is 1. The second kappa shape index (κ2) is 4.48. The number of carbonyl (C=O) groups is 1. The number of nitrogens with two attached hydrogens (primary N) is 1. The Hall–Kier alpha value is -1.78. The Kier molecular flexibility index (Phi) is 3.15. The summed E-state index contributed by atoms with van der Waals surface area (Å²) in [5.74, 6) is 0.407. The minimum atomic E-state index is -0.217. The lowest BCUT2D eigenvalue weighted by Crippen LogP contribution is -2.33. The lowest BCUT2D eigenvalue weighted by Gasteiger charge is -2.08. The summed E-state index contributed by atoms with van der Waals surface area (Å²) in [7, 11) is 0. The molecule has 3 N–H and O–H groups in total. The van der Waals surface area contributed by atoms with Crippen LogP contribution in [0.3, 0.4) is 0 Å². The molecular formula is C13H19N3O2. The second-order valence-electron chi connectivity index (χ2n) is 5.62. The lowest BCUT2D eigenvalue weighted by atomic mass is 10.1. The predicted molar refractivity (Wildman–Crippen MR) is 70.0 cm³/mol. The number of carbonyl (C=O) groups excluding carboxylic acids is 1. The standard InChI is InChI=1S/C13H19N3O2/c1-13(2)5-9(13)6-15-11(17)8-16-7-10(14)3-4-12(16)18/h3-4,7,9H,5-6,8,14H2,1-2H3,(H,15,17). The minimum absolute atomic E-state index is 0.0248. The van der Waals surface area contributed by atoms with Crippen molar-refractivity contribution in [2.24, 2.45) is 11.3 Å². The van der Waals surface area contributed by atoms with Crippen molar-refractivity contribution in [3.63, 3.8) is 0 Å². The number of rotatable bonds is 4. The Labute approximate surface area is 106 Å². The molecule has 1 amide bonds. The number of nitrogen functional groups attached to an aromatic ring is 1. The number of pyridine rings is 1. The van der Waals surface area contributed by atoms with Crippen LogP contribution < -0.4 is 16.6 Å². The normalized spacial score (nSPS) is 20.4. The molecule has 2 rings (SSSR count). The molecule has 1 aliphatic rings. The predicted octanol–water partition coefficient (Wildman–Crippen LogP) is 0.593. The van der Waals surface area contributed by atoms with E-state index in [1.807, 2.05) is 0 Å². The first-order chi connectivity index (χ1) is 8.38. The van der Waals surface area contributed by atoms with Crippen LogP contribution in [0.4, 0.5) is 5.69 Å². The van der Waals surface area contributed by atoms with Crippen LogP contribution in [0, 0.1) is 11.3 Å². The maximum Gasteiger partial charge on any atom is 0.251 e. The molecule has 0 aromatic carbocycles. The third kappa shape index (κ3) is 2.91. The average molecular weight is 249 g/mol. The summed E-state index contributed by atoms with van der Waals surface area (Å²) in [6, 6.07) is 2.90. The zero-order valence-electron chi connectivity index (χ0n) is 10.8. The van der Waals surface area contributed by atoms with E-state index in [9.17, 15) is 9.59 Å². The maximum absolute atomic E-state index is 11.7. The molecule has 98 valence electrons. The van der Waals surface area contributed by atoms with Gasteiger partial charge in [-0.2, -0.15) is 0 Å². The van der Waals surface area contributed by atoms with E-state index in [1.54, 1.807) is 0 Å². The Bertz CT molecular complexity index is 519. The molecular weight excluding hydrogens is 230 g/mol. The lowest BCUT2D eigenvalue weighted by molar-refractivity contribution is -0.121. The molecule has 1 fully saturated rings. The van der Waals surface area contributed by atoms with Crippen LogP contribution in [0.25, 0.3) is 0 Å². The van der Waals surface area contributed by atoms with Gasteiger partial charge in [-0.15, -0.1) is 0 Å². The molecule has 1 aliphatic carbocycles. The number of nitrogens with one attached hydrogen (secondary N) is 1. The van der Waals surface area contributed by atoms with Gasteiger partial charge in [0.1, 0.15) is 6.54 Å². The summed E-state index contributed by atoms with van der Waals surface area (Å²) in [6.07, 6.45) is 2.63. The molecule has 1 heterocycles. The molecule has 0 spiro atoms. The van der Waals surface area contributed by atoms with Gasteiger partial charge in [0.2, 0.25) is 5.91 Å². The molecule has 0 saturated heterocycles. The summed E-state index contributed by atoms with van der Waals surface area (Å²) in [5, 5.41) is 2.86. The fraction of sp³-hybridized carbons (Fsp3) is 0.538. The van der Waals surface area contributed by atoms with Crippen LogP contribution in [0.15, 0.2) is 23.1 Å². The van der Waals surface area contributed by atoms with Gasteiger partial charge in [-0.3, -0.25) is 9.59 Å². The van der Waals surface area contributed by atoms with Crippen LogP contribution in [0.5, 0.6) is 0 Å². The van der Waals surface area contributed by atoms with Crippen molar-refractivity contribution in [3.05, 3.63) is 28.7 Å². The number of nitrogens with zero attached hydrogens (tertiary/aromatic N) is 1. The van der Waals surface area contributed by atoms with Crippen LogP contribution >= 0.6 is 0 Å². The quantitative estimate of drug-likeness (QED) is 0.820. The Morgan fingerprint density at radius 3 is 2.83 bits per heavy atom. The molecule has 1 atom stereocenters. The molecule has 1 aromatic rings. The molecule has 0 aliphatic heterocycles. The molecule has 18 heavy (non-hydrogen) atoms. The zero-order chi connectivity index (χ0) is 13.3. The highest BCUT2D eigenvalue weighted by atomic mass is 16.2. The van der Waals surface area contributed by atoms with Crippen molar-refractivity contribution >= 4 is 11.6 Å². The van der Waals surface area contributed by atoms with E-state index >= 15 is 0 Å². The van der Waals surface area contributed by atoms with Crippen molar-refractivity contribution in [3.8, 4) is 0 Å². The van der Waals surface area contributed by atoms with Gasteiger partial charge in [0.05, 0.1) is 0 Å². The number of hydrogen-bond acceptors (Lipinski definition) is 3. The highest BCUT2D eigenvalue weighted by Crippen LogP contribution is 2.50. The molecule has 1 unspecified atom stereocenters. The van der Waals surface area contributed by atoms with Crippen molar-refractivity contribution < 1.29 is 4.79 Å². The van der Waals surface area contributed by atoms with Gasteiger partial charge < -0.3 is 15.6 Å². The number of amides is 1. The topological polar surface area (TPSA) is 77.1 Å². The highest BCUT2D eigenvalue weighted by molar-refractivity contribution is 5.75. The van der Waals surface area contributed by atoms with Gasteiger partial charge in [0, 0.05) is 24.5 Å². The number of hydrogen-bond donors (Lipinski definition) is 2. The van der Waals surface area contributed by atoms with Gasteiger partial charge >= 0.3 is 0 Å². The first kappa shape index (κ1) is 12.7. The Balaban J connectivity index is 1.87. The summed E-state index contributed by atoms with van der Waals surface area (Å²) in [4.78, 5) is 23.2. The fourth-order valence-corrected chi connectivity index (χ4v) is 2.05. The minimum Gasteiger partial charge on any atom is -0.398 e. The second-order valence-corrected chi connectivity index (χ2v) is 5.62. The van der Waals surface area contributed by atoms with Crippen LogP contribution in [0.2, 0.25) is 0 Å². The van der Waals surface area contributed by atoms with Crippen LogP contribution in [0.1, 0.15) is 20.3 Å². The van der Waals surface area contributed by atoms with Crippen molar-refractivity contribution in [2.45, 2.75) is 26.8 Å². The zero-order valence-corrected chi connectivity index (χ0v) is 10.8. The average Bonchev–Trinajstić information content (AvgIpc) is 2.89. The van der Waals surface area contributed by atoms with Crippen molar-refractivity contribution in [1.82, 2.24) is 9.88 Å². The molecule has 0 bridgehead atoms. The summed E-state index contributed by atoms with van der Waals surface area (Å²) in [6.45, 7) is 5.08. The van der Waals surface area contributed by atoms with E-state index < -0.39 is 0 Å². The molecule has 5 heteroatoms. The molecule has 1 saturated carbocycles. The van der Waals surface area contributed by atoms with E-state index in [0.29, 0.717) is 23.6 Å². The Morgan fingerprint density at radius 1 is 1.56 bits per heavy atom. The maximum atomic E-state index is 11.7. The van der Waals surface area contributed by atoms with E-state index in [-0.39, 0.29) is 18.0 Å². The SMILES string of the molecule is CC1(C)CC1CNC(=O)Cn1cc(N)ccc1=O. The first-order valence-corrected chi connectivity index (χ1v) is 6.11. The fourth-order valence-electron chi connectivity index (χ4n) is 2.05. The van der Waals surface area contributed by atoms with Gasteiger partial charge in [0.15, 0.2) is 0 Å². The van der Waals surface area contributed by atoms with Gasteiger partial charge in [-0.05, 0) is 23.8 Å². The highest BCUT2D eigenvalue weighted by Gasteiger charge is 2.45. The number of aromatic nitrogens is 1. The van der Waals surface area contributed by atoms with E-state index in [2.05, 4.69) is 19.2 Å². The molecule has 0 radical (unpaired) electrons. The first-order valence-electron chi connectivity index (χ1n) is 6.11. The molecule has 1 aromatic heterocycles. The van der Waals surface area contributed by atoms with Crippen LogP contribution in [-0.2, 0) is 11.3 Å². The third-order valence-electron chi connectivity index (χ3n) is 3.58. The van der Waals surface area contributed by atoms with Gasteiger partial charge in [0.25, 0.3) is 5.56 Å². The van der Waals surface area contributed by atoms with Gasteiger partial charge in [-0.25, -0.2) is 0 Å². The van der Waals surface area contributed by atoms with Crippen LogP contribution in [-0.4, -0.2) is 17.0 Å². The Morgan fingerprint density at radius 2 is 2.22 bits per heavy atom. The summed E-state index contributed by atoms with van der Waals surface area (Å²) >= 11 is 0. The van der Waals surface area contributed by atoms with E-state index in [0.717, 1.165) is 6.42 Å². The molecule has 5 nitrogen and oxygen atoms in total. The third-order valence-corrected chi connectivity index (χ3v) is 3.58. The summed E-state index contributed by atoms with van der Waals surface area (Å²) in [5.41, 5.74) is 6.19.